The number of nitrogens with one attached hydrogen (secondary N) is 2. The van der Waals surface area contributed by atoms with Gasteiger partial charge in [0.2, 0.25) is 5.91 Å². The lowest BCUT2D eigenvalue weighted by Gasteiger charge is -2.35. The molecule has 28 heavy (non-hydrogen) atoms. The van der Waals surface area contributed by atoms with E-state index in [9.17, 15) is 4.79 Å². The molecule has 0 aliphatic carbocycles. The minimum absolute atomic E-state index is 0.155. The quantitative estimate of drug-likeness (QED) is 0.717. The summed E-state index contributed by atoms with van der Waals surface area (Å²) in [6.07, 6.45) is 0. The highest BCUT2D eigenvalue weighted by molar-refractivity contribution is 6.35. The molecule has 2 aromatic carbocycles. The van der Waals surface area contributed by atoms with Crippen LogP contribution in [0.5, 0.6) is 0 Å². The van der Waals surface area contributed by atoms with Crippen molar-refractivity contribution in [2.45, 2.75) is 19.9 Å². The van der Waals surface area contributed by atoms with Gasteiger partial charge in [-0.2, -0.15) is 0 Å². The fourth-order valence-electron chi connectivity index (χ4n) is 3.28. The van der Waals surface area contributed by atoms with Crippen molar-refractivity contribution in [3.05, 3.63) is 52.5 Å². The number of rotatable bonds is 6. The van der Waals surface area contributed by atoms with Crippen molar-refractivity contribution in [1.29, 1.82) is 0 Å². The summed E-state index contributed by atoms with van der Waals surface area (Å²) in [5.41, 5.74) is 2.70. The Morgan fingerprint density at radius 3 is 2.18 bits per heavy atom. The summed E-state index contributed by atoms with van der Waals surface area (Å²) < 4.78 is 0. The highest BCUT2D eigenvalue weighted by Gasteiger charge is 2.17. The molecule has 150 valence electrons. The SMILES string of the molecule is CCN1CCN(c2ccc(N[C@@H](C)C(=O)Nc3cc(Cl)cc(Cl)c3)cc2)CC1. The second kappa shape index (κ2) is 9.50. The first-order valence-electron chi connectivity index (χ1n) is 9.55. The van der Waals surface area contributed by atoms with Crippen LogP contribution < -0.4 is 15.5 Å². The van der Waals surface area contributed by atoms with E-state index in [4.69, 9.17) is 23.2 Å². The van der Waals surface area contributed by atoms with E-state index in [1.54, 1.807) is 18.2 Å². The normalized spacial score (nSPS) is 15.9. The summed E-state index contributed by atoms with van der Waals surface area (Å²) in [5, 5.41) is 7.04. The predicted molar refractivity (Wildman–Crippen MR) is 119 cm³/mol. The molecule has 0 spiro atoms. The van der Waals surface area contributed by atoms with Gasteiger partial charge in [0.05, 0.1) is 0 Å². The standard InChI is InChI=1S/C21H26Cl2N4O/c1-3-26-8-10-27(11-9-26)20-6-4-18(5-7-20)24-15(2)21(28)25-19-13-16(22)12-17(23)14-19/h4-7,12-15,24H,3,8-11H2,1-2H3,(H,25,28)/t15-/m0/s1. The van der Waals surface area contributed by atoms with E-state index in [0.29, 0.717) is 15.7 Å². The van der Waals surface area contributed by atoms with Crippen LogP contribution in [0.15, 0.2) is 42.5 Å². The van der Waals surface area contributed by atoms with Crippen molar-refractivity contribution >= 4 is 46.2 Å². The lowest BCUT2D eigenvalue weighted by Crippen LogP contribution is -2.46. The van der Waals surface area contributed by atoms with Gasteiger partial charge < -0.3 is 20.4 Å². The molecule has 1 aliphatic rings. The number of carbonyl (C=O) groups is 1. The van der Waals surface area contributed by atoms with Crippen LogP contribution in [0.2, 0.25) is 10.0 Å². The van der Waals surface area contributed by atoms with Gasteiger partial charge in [0.1, 0.15) is 6.04 Å². The van der Waals surface area contributed by atoms with Crippen LogP contribution in [0, 0.1) is 0 Å². The van der Waals surface area contributed by atoms with Crippen LogP contribution >= 0.6 is 23.2 Å². The molecular formula is C21H26Cl2N4O. The molecule has 5 nitrogen and oxygen atoms in total. The molecule has 7 heteroatoms. The molecule has 1 atom stereocenters. The summed E-state index contributed by atoms with van der Waals surface area (Å²) in [4.78, 5) is 17.3. The Morgan fingerprint density at radius 2 is 1.61 bits per heavy atom. The number of anilines is 3. The number of piperazine rings is 1. The first-order valence-corrected chi connectivity index (χ1v) is 10.3. The Kier molecular flexibility index (Phi) is 7.05. The van der Waals surface area contributed by atoms with Crippen LogP contribution in [0.1, 0.15) is 13.8 Å². The average molecular weight is 421 g/mol. The zero-order valence-corrected chi connectivity index (χ0v) is 17.7. The largest absolute Gasteiger partial charge is 0.374 e. The molecule has 0 bridgehead atoms. The smallest absolute Gasteiger partial charge is 0.246 e. The van der Waals surface area contributed by atoms with Crippen molar-refractivity contribution in [2.75, 3.05) is 48.3 Å². The van der Waals surface area contributed by atoms with Crippen molar-refractivity contribution in [1.82, 2.24) is 4.90 Å². The minimum Gasteiger partial charge on any atom is -0.374 e. The average Bonchev–Trinajstić information content (AvgIpc) is 2.68. The minimum atomic E-state index is -0.406. The van der Waals surface area contributed by atoms with E-state index < -0.39 is 6.04 Å². The molecule has 1 heterocycles. The highest BCUT2D eigenvalue weighted by Crippen LogP contribution is 2.23. The van der Waals surface area contributed by atoms with Crippen molar-refractivity contribution in [2.24, 2.45) is 0 Å². The molecule has 0 aromatic heterocycles. The Hall–Kier alpha value is -1.95. The lowest BCUT2D eigenvalue weighted by molar-refractivity contribution is -0.116. The summed E-state index contributed by atoms with van der Waals surface area (Å²) in [7, 11) is 0. The molecular weight excluding hydrogens is 395 g/mol. The summed E-state index contributed by atoms with van der Waals surface area (Å²) in [6, 6.07) is 12.8. The van der Waals surface area contributed by atoms with Gasteiger partial charge in [-0.3, -0.25) is 4.79 Å². The fourth-order valence-corrected chi connectivity index (χ4v) is 3.81. The first-order chi connectivity index (χ1) is 13.4. The lowest BCUT2D eigenvalue weighted by atomic mass is 10.2. The number of benzene rings is 2. The molecule has 0 saturated carbocycles. The monoisotopic (exact) mass is 420 g/mol. The number of amides is 1. The van der Waals surface area contributed by atoms with Gasteiger partial charge in [-0.05, 0) is 55.9 Å². The van der Waals surface area contributed by atoms with E-state index >= 15 is 0 Å². The third-order valence-corrected chi connectivity index (χ3v) is 5.39. The molecule has 2 aromatic rings. The number of halogens is 2. The van der Waals surface area contributed by atoms with E-state index in [0.717, 1.165) is 38.4 Å². The fraction of sp³-hybridized carbons (Fsp3) is 0.381. The Balaban J connectivity index is 1.55. The van der Waals surface area contributed by atoms with E-state index in [1.807, 2.05) is 19.1 Å². The number of hydrogen-bond donors (Lipinski definition) is 2. The molecule has 3 rings (SSSR count). The summed E-state index contributed by atoms with van der Waals surface area (Å²) in [6.45, 7) is 9.41. The maximum absolute atomic E-state index is 12.4. The topological polar surface area (TPSA) is 47.6 Å². The molecule has 0 radical (unpaired) electrons. The zero-order chi connectivity index (χ0) is 20.1. The number of nitrogens with zero attached hydrogens (tertiary/aromatic N) is 2. The predicted octanol–water partition coefficient (Wildman–Crippen LogP) is 4.57. The molecule has 0 unspecified atom stereocenters. The Labute approximate surface area is 176 Å². The van der Waals surface area contributed by atoms with Gasteiger partial charge in [-0.1, -0.05) is 30.1 Å². The van der Waals surface area contributed by atoms with E-state index in [1.165, 1.54) is 5.69 Å². The van der Waals surface area contributed by atoms with Crippen molar-refractivity contribution < 1.29 is 4.79 Å². The maximum Gasteiger partial charge on any atom is 0.246 e. The molecule has 1 aliphatic heterocycles. The van der Waals surface area contributed by atoms with Crippen molar-refractivity contribution in [3.8, 4) is 0 Å². The summed E-state index contributed by atoms with van der Waals surface area (Å²) in [5.74, 6) is -0.155. The van der Waals surface area contributed by atoms with Gasteiger partial charge in [0.25, 0.3) is 0 Å². The number of carbonyl (C=O) groups excluding carboxylic acids is 1. The van der Waals surface area contributed by atoms with E-state index in [-0.39, 0.29) is 5.91 Å². The van der Waals surface area contributed by atoms with E-state index in [2.05, 4.69) is 39.5 Å². The third kappa shape index (κ3) is 5.53. The zero-order valence-electron chi connectivity index (χ0n) is 16.2. The highest BCUT2D eigenvalue weighted by atomic mass is 35.5. The van der Waals surface area contributed by atoms with Crippen LogP contribution in [-0.4, -0.2) is 49.6 Å². The maximum atomic E-state index is 12.4. The second-order valence-electron chi connectivity index (χ2n) is 6.98. The van der Waals surface area contributed by atoms with Gasteiger partial charge in [-0.25, -0.2) is 0 Å². The van der Waals surface area contributed by atoms with Gasteiger partial charge >= 0.3 is 0 Å². The van der Waals surface area contributed by atoms with Crippen LogP contribution in [0.4, 0.5) is 17.1 Å². The van der Waals surface area contributed by atoms with Crippen LogP contribution in [0.3, 0.4) is 0 Å². The van der Waals surface area contributed by atoms with Gasteiger partial charge in [0.15, 0.2) is 0 Å². The molecule has 1 saturated heterocycles. The van der Waals surface area contributed by atoms with Gasteiger partial charge in [-0.15, -0.1) is 0 Å². The van der Waals surface area contributed by atoms with Crippen molar-refractivity contribution in [3.63, 3.8) is 0 Å². The molecule has 2 N–H and O–H groups in total. The molecule has 1 fully saturated rings. The third-order valence-electron chi connectivity index (χ3n) is 4.96. The number of hydrogen-bond acceptors (Lipinski definition) is 4. The first kappa shape index (κ1) is 20.8. The van der Waals surface area contributed by atoms with Gasteiger partial charge in [0, 0.05) is 53.3 Å². The van der Waals surface area contributed by atoms with Crippen LogP contribution in [0.25, 0.3) is 0 Å². The summed E-state index contributed by atoms with van der Waals surface area (Å²) >= 11 is 12.0. The van der Waals surface area contributed by atoms with Crippen LogP contribution in [-0.2, 0) is 4.79 Å². The number of likely N-dealkylation sites (N-methyl/N-ethyl adjacent to an activating group) is 1. The Morgan fingerprint density at radius 1 is 1.00 bits per heavy atom. The second-order valence-corrected chi connectivity index (χ2v) is 7.85. The molecule has 1 amide bonds. The Bertz CT molecular complexity index is 784.